The molecule has 104 valence electrons. The van der Waals surface area contributed by atoms with E-state index in [4.69, 9.17) is 22.1 Å². The van der Waals surface area contributed by atoms with Crippen LogP contribution in [0.4, 0.5) is 0 Å². The Morgan fingerprint density at radius 2 is 2.00 bits per heavy atom. The molecule has 1 aromatic carbocycles. The van der Waals surface area contributed by atoms with Crippen LogP contribution in [0.2, 0.25) is 5.15 Å². The van der Waals surface area contributed by atoms with Crippen molar-refractivity contribution in [2.45, 2.75) is 19.8 Å². The summed E-state index contributed by atoms with van der Waals surface area (Å²) in [6, 6.07) is 6.71. The van der Waals surface area contributed by atoms with Gasteiger partial charge in [0.05, 0.1) is 11.1 Å². The van der Waals surface area contributed by atoms with Crippen molar-refractivity contribution in [2.75, 3.05) is 0 Å². The van der Waals surface area contributed by atoms with Gasteiger partial charge in [0.25, 0.3) is 5.91 Å². The van der Waals surface area contributed by atoms with Crippen LogP contribution in [0.15, 0.2) is 30.6 Å². The molecule has 0 aliphatic heterocycles. The Morgan fingerprint density at radius 1 is 1.30 bits per heavy atom. The predicted octanol–water partition coefficient (Wildman–Crippen LogP) is 3.14. The first-order valence-electron chi connectivity index (χ1n) is 6.07. The Kier molecular flexibility index (Phi) is 4.20. The third kappa shape index (κ3) is 2.88. The molecule has 0 bridgehead atoms. The number of ether oxygens (including phenoxy) is 1. The molecule has 0 unspecified atom stereocenters. The van der Waals surface area contributed by atoms with E-state index >= 15 is 0 Å². The number of halogens is 1. The number of primary amides is 1. The number of carbonyl (C=O) groups excluding carboxylic acids is 1. The van der Waals surface area contributed by atoms with E-state index in [0.717, 1.165) is 0 Å². The lowest BCUT2D eigenvalue weighted by molar-refractivity contribution is 0.0998. The highest BCUT2D eigenvalue weighted by atomic mass is 35.5. The summed E-state index contributed by atoms with van der Waals surface area (Å²) in [6.07, 6.45) is 1.32. The Bertz CT molecular complexity index is 644. The maximum atomic E-state index is 11.4. The number of nitrogens with zero attached hydrogens (tertiary/aromatic N) is 2. The van der Waals surface area contributed by atoms with E-state index in [1.807, 2.05) is 13.8 Å². The molecule has 2 aromatic rings. The smallest absolute Gasteiger partial charge is 0.252 e. The highest BCUT2D eigenvalue weighted by molar-refractivity contribution is 6.30. The van der Waals surface area contributed by atoms with Crippen molar-refractivity contribution < 1.29 is 9.53 Å². The van der Waals surface area contributed by atoms with Crippen LogP contribution in [0.5, 0.6) is 11.6 Å². The average molecular weight is 292 g/mol. The third-order valence-corrected chi connectivity index (χ3v) is 3.04. The van der Waals surface area contributed by atoms with Gasteiger partial charge in [0.15, 0.2) is 0 Å². The number of hydrogen-bond donors (Lipinski definition) is 1. The minimum absolute atomic E-state index is 0.0828. The topological polar surface area (TPSA) is 78.1 Å². The zero-order chi connectivity index (χ0) is 14.7. The van der Waals surface area contributed by atoms with Crippen LogP contribution in [0.3, 0.4) is 0 Å². The Hall–Kier alpha value is -2.14. The molecular formula is C14H14ClN3O2. The standard InChI is InChI=1S/C14H14ClN3O2/c1-8(2)11-12(15)17-7-18-14(11)20-10-6-4-3-5-9(10)13(16)19/h3-8H,1-2H3,(H2,16,19). The van der Waals surface area contributed by atoms with Crippen molar-refractivity contribution in [3.8, 4) is 11.6 Å². The van der Waals surface area contributed by atoms with Gasteiger partial charge in [0.1, 0.15) is 17.2 Å². The van der Waals surface area contributed by atoms with Gasteiger partial charge >= 0.3 is 0 Å². The number of hydrogen-bond acceptors (Lipinski definition) is 4. The fraction of sp³-hybridized carbons (Fsp3) is 0.214. The molecule has 0 aliphatic rings. The fourth-order valence-electron chi connectivity index (χ4n) is 1.79. The Morgan fingerprint density at radius 3 is 2.65 bits per heavy atom. The summed E-state index contributed by atoms with van der Waals surface area (Å²) >= 11 is 6.07. The van der Waals surface area contributed by atoms with Crippen molar-refractivity contribution in [2.24, 2.45) is 5.73 Å². The molecule has 0 saturated carbocycles. The minimum atomic E-state index is -0.563. The Labute approximate surface area is 121 Å². The van der Waals surface area contributed by atoms with Gasteiger partial charge in [-0.15, -0.1) is 0 Å². The van der Waals surface area contributed by atoms with Gasteiger partial charge in [-0.2, -0.15) is 0 Å². The van der Waals surface area contributed by atoms with Gasteiger partial charge in [-0.3, -0.25) is 4.79 Å². The van der Waals surface area contributed by atoms with Gasteiger partial charge in [-0.1, -0.05) is 37.6 Å². The monoisotopic (exact) mass is 291 g/mol. The lowest BCUT2D eigenvalue weighted by Crippen LogP contribution is -2.12. The lowest BCUT2D eigenvalue weighted by atomic mass is 10.1. The molecule has 20 heavy (non-hydrogen) atoms. The van der Waals surface area contributed by atoms with Crippen LogP contribution >= 0.6 is 11.6 Å². The summed E-state index contributed by atoms with van der Waals surface area (Å²) in [5.41, 5.74) is 6.30. The summed E-state index contributed by atoms with van der Waals surface area (Å²) in [4.78, 5) is 19.4. The van der Waals surface area contributed by atoms with Crippen molar-refractivity contribution in [1.29, 1.82) is 0 Å². The summed E-state index contributed by atoms with van der Waals surface area (Å²) in [5, 5.41) is 0.335. The van der Waals surface area contributed by atoms with Gasteiger partial charge in [0.2, 0.25) is 5.88 Å². The van der Waals surface area contributed by atoms with E-state index in [0.29, 0.717) is 22.3 Å². The molecule has 0 fully saturated rings. The first-order valence-corrected chi connectivity index (χ1v) is 6.45. The second-order valence-electron chi connectivity index (χ2n) is 4.50. The van der Waals surface area contributed by atoms with Crippen LogP contribution in [0.1, 0.15) is 35.7 Å². The molecule has 6 heteroatoms. The van der Waals surface area contributed by atoms with Crippen LogP contribution in [-0.2, 0) is 0 Å². The summed E-state index contributed by atoms with van der Waals surface area (Å²) in [7, 11) is 0. The van der Waals surface area contributed by atoms with E-state index in [-0.39, 0.29) is 11.5 Å². The zero-order valence-electron chi connectivity index (χ0n) is 11.1. The van der Waals surface area contributed by atoms with Gasteiger partial charge in [-0.05, 0) is 18.1 Å². The molecule has 0 aliphatic carbocycles. The normalized spacial score (nSPS) is 10.6. The molecule has 2 N–H and O–H groups in total. The quantitative estimate of drug-likeness (QED) is 0.878. The fourth-order valence-corrected chi connectivity index (χ4v) is 2.13. The van der Waals surface area contributed by atoms with Gasteiger partial charge in [-0.25, -0.2) is 9.97 Å². The highest BCUT2D eigenvalue weighted by Gasteiger charge is 2.17. The highest BCUT2D eigenvalue weighted by Crippen LogP contribution is 2.33. The predicted molar refractivity (Wildman–Crippen MR) is 76.2 cm³/mol. The number of aromatic nitrogens is 2. The second kappa shape index (κ2) is 5.88. The average Bonchev–Trinajstić information content (AvgIpc) is 2.38. The molecule has 0 radical (unpaired) electrons. The van der Waals surface area contributed by atoms with Crippen molar-refractivity contribution in [1.82, 2.24) is 9.97 Å². The minimum Gasteiger partial charge on any atom is -0.438 e. The molecule has 1 amide bonds. The number of para-hydroxylation sites is 1. The van der Waals surface area contributed by atoms with Gasteiger partial charge < -0.3 is 10.5 Å². The number of amides is 1. The molecule has 2 rings (SSSR count). The first kappa shape index (κ1) is 14.3. The maximum Gasteiger partial charge on any atom is 0.252 e. The van der Waals surface area contributed by atoms with E-state index in [2.05, 4.69) is 9.97 Å². The van der Waals surface area contributed by atoms with E-state index in [9.17, 15) is 4.79 Å². The number of rotatable bonds is 4. The van der Waals surface area contributed by atoms with Crippen LogP contribution in [0, 0.1) is 0 Å². The molecule has 5 nitrogen and oxygen atoms in total. The summed E-state index contributed by atoms with van der Waals surface area (Å²) in [6.45, 7) is 3.91. The van der Waals surface area contributed by atoms with Gasteiger partial charge in [0, 0.05) is 0 Å². The molecule has 1 aromatic heterocycles. The zero-order valence-corrected chi connectivity index (χ0v) is 11.9. The number of nitrogens with two attached hydrogens (primary N) is 1. The SMILES string of the molecule is CC(C)c1c(Cl)ncnc1Oc1ccccc1C(N)=O. The Balaban J connectivity index is 2.46. The van der Waals surface area contributed by atoms with Crippen LogP contribution in [-0.4, -0.2) is 15.9 Å². The number of carbonyl (C=O) groups is 1. The summed E-state index contributed by atoms with van der Waals surface area (Å²) in [5.74, 6) is 0.191. The summed E-state index contributed by atoms with van der Waals surface area (Å²) < 4.78 is 5.71. The van der Waals surface area contributed by atoms with E-state index < -0.39 is 5.91 Å². The first-order chi connectivity index (χ1) is 9.50. The maximum absolute atomic E-state index is 11.4. The van der Waals surface area contributed by atoms with Crippen molar-refractivity contribution in [3.05, 3.63) is 46.9 Å². The van der Waals surface area contributed by atoms with Crippen molar-refractivity contribution in [3.63, 3.8) is 0 Å². The lowest BCUT2D eigenvalue weighted by Gasteiger charge is -2.14. The molecular weight excluding hydrogens is 278 g/mol. The van der Waals surface area contributed by atoms with E-state index in [1.165, 1.54) is 6.33 Å². The second-order valence-corrected chi connectivity index (χ2v) is 4.86. The largest absolute Gasteiger partial charge is 0.438 e. The molecule has 0 saturated heterocycles. The molecule has 1 heterocycles. The van der Waals surface area contributed by atoms with Crippen LogP contribution in [0.25, 0.3) is 0 Å². The van der Waals surface area contributed by atoms with Crippen LogP contribution < -0.4 is 10.5 Å². The number of benzene rings is 1. The molecule has 0 atom stereocenters. The van der Waals surface area contributed by atoms with Crippen molar-refractivity contribution >= 4 is 17.5 Å². The molecule has 0 spiro atoms. The van der Waals surface area contributed by atoms with E-state index in [1.54, 1.807) is 24.3 Å². The third-order valence-electron chi connectivity index (χ3n) is 2.74.